The summed E-state index contributed by atoms with van der Waals surface area (Å²) in [5.41, 5.74) is 0.749. The van der Waals surface area contributed by atoms with E-state index in [0.29, 0.717) is 28.5 Å². The van der Waals surface area contributed by atoms with E-state index in [4.69, 9.17) is 9.47 Å². The maximum absolute atomic E-state index is 12.9. The molecule has 0 bridgehead atoms. The van der Waals surface area contributed by atoms with Gasteiger partial charge in [0.15, 0.2) is 0 Å². The number of esters is 1. The van der Waals surface area contributed by atoms with Crippen LogP contribution < -0.4 is 10.1 Å². The number of sulfonamides is 1. The number of aryl methyl sites for hydroxylation is 1. The van der Waals surface area contributed by atoms with Crippen LogP contribution in [0, 0.1) is 12.8 Å². The minimum Gasteiger partial charge on any atom is -0.497 e. The van der Waals surface area contributed by atoms with Crippen LogP contribution in [0.15, 0.2) is 35.2 Å². The molecule has 1 amide bonds. The standard InChI is InChI=1S/C21H26N2O6S2/c1-4-29-21(25)19-14(2)13-18(30-19)22-20(24)15-9-11-23(12-10-15)31(26,27)17-7-5-16(28-3)6-8-17/h5-8,13,15H,4,9-12H2,1-3H3,(H,22,24). The van der Waals surface area contributed by atoms with Gasteiger partial charge in [-0.15, -0.1) is 11.3 Å². The van der Waals surface area contributed by atoms with E-state index in [1.165, 1.54) is 34.9 Å². The number of hydrogen-bond donors (Lipinski definition) is 1. The minimum absolute atomic E-state index is 0.168. The highest BCUT2D eigenvalue weighted by atomic mass is 32.2. The second-order valence-electron chi connectivity index (χ2n) is 7.19. The average Bonchev–Trinajstić information content (AvgIpc) is 3.14. The Kier molecular flexibility index (Phi) is 7.34. The number of ether oxygens (including phenoxy) is 2. The van der Waals surface area contributed by atoms with Gasteiger partial charge in [0.1, 0.15) is 10.6 Å². The van der Waals surface area contributed by atoms with E-state index in [-0.39, 0.29) is 36.4 Å². The quantitative estimate of drug-likeness (QED) is 0.629. The number of hydrogen-bond acceptors (Lipinski definition) is 7. The third kappa shape index (κ3) is 5.25. The minimum atomic E-state index is -3.62. The topological polar surface area (TPSA) is 102 Å². The van der Waals surface area contributed by atoms with Crippen molar-refractivity contribution in [3.8, 4) is 5.75 Å². The summed E-state index contributed by atoms with van der Waals surface area (Å²) in [6, 6.07) is 8.01. The van der Waals surface area contributed by atoms with Crippen molar-refractivity contribution in [1.29, 1.82) is 0 Å². The first-order valence-electron chi connectivity index (χ1n) is 9.99. The monoisotopic (exact) mass is 466 g/mol. The van der Waals surface area contributed by atoms with Crippen LogP contribution in [0.2, 0.25) is 0 Å². The number of carbonyl (C=O) groups excluding carboxylic acids is 2. The molecule has 8 nitrogen and oxygen atoms in total. The lowest BCUT2D eigenvalue weighted by atomic mass is 9.97. The van der Waals surface area contributed by atoms with Gasteiger partial charge in [-0.25, -0.2) is 13.2 Å². The molecule has 10 heteroatoms. The SMILES string of the molecule is CCOC(=O)c1sc(NC(=O)C2CCN(S(=O)(=O)c3ccc(OC)cc3)CC2)cc1C. The normalized spacial score (nSPS) is 15.5. The van der Waals surface area contributed by atoms with E-state index in [0.717, 1.165) is 5.56 Å². The number of methoxy groups -OCH3 is 1. The Morgan fingerprint density at radius 1 is 1.19 bits per heavy atom. The first kappa shape index (κ1) is 23.2. The Morgan fingerprint density at radius 2 is 1.84 bits per heavy atom. The highest BCUT2D eigenvalue weighted by Gasteiger charge is 2.32. The lowest BCUT2D eigenvalue weighted by Gasteiger charge is -2.30. The molecule has 0 spiro atoms. The second kappa shape index (κ2) is 9.80. The van der Waals surface area contributed by atoms with Gasteiger partial charge in [0.25, 0.3) is 0 Å². The molecule has 168 valence electrons. The van der Waals surface area contributed by atoms with Crippen LogP contribution in [0.1, 0.15) is 35.0 Å². The molecule has 2 heterocycles. The first-order chi connectivity index (χ1) is 14.8. The van der Waals surface area contributed by atoms with Crippen molar-refractivity contribution in [2.45, 2.75) is 31.6 Å². The maximum atomic E-state index is 12.9. The van der Waals surface area contributed by atoms with Crippen molar-refractivity contribution >= 4 is 38.2 Å². The van der Waals surface area contributed by atoms with Crippen LogP contribution in [0.3, 0.4) is 0 Å². The molecule has 1 saturated heterocycles. The summed E-state index contributed by atoms with van der Waals surface area (Å²) >= 11 is 1.18. The van der Waals surface area contributed by atoms with E-state index in [2.05, 4.69) is 5.32 Å². The fourth-order valence-electron chi connectivity index (χ4n) is 3.42. The lowest BCUT2D eigenvalue weighted by molar-refractivity contribution is -0.120. The van der Waals surface area contributed by atoms with E-state index in [1.807, 2.05) is 0 Å². The molecule has 0 unspecified atom stereocenters. The molecule has 1 aromatic heterocycles. The van der Waals surface area contributed by atoms with E-state index in [1.54, 1.807) is 32.0 Å². The van der Waals surface area contributed by atoms with Gasteiger partial charge in [0.05, 0.1) is 23.6 Å². The highest BCUT2D eigenvalue weighted by molar-refractivity contribution is 7.89. The van der Waals surface area contributed by atoms with E-state index in [9.17, 15) is 18.0 Å². The van der Waals surface area contributed by atoms with E-state index >= 15 is 0 Å². The zero-order valence-corrected chi connectivity index (χ0v) is 19.3. The molecule has 0 saturated carbocycles. The number of benzene rings is 1. The van der Waals surface area contributed by atoms with Crippen LogP contribution in [-0.2, 0) is 19.6 Å². The molecule has 1 aliphatic rings. The zero-order valence-electron chi connectivity index (χ0n) is 17.7. The lowest BCUT2D eigenvalue weighted by Crippen LogP contribution is -2.41. The molecule has 2 aromatic rings. The predicted molar refractivity (Wildman–Crippen MR) is 118 cm³/mol. The molecule has 0 aliphatic carbocycles. The summed E-state index contributed by atoms with van der Waals surface area (Å²) in [5.74, 6) is -0.277. The number of amides is 1. The summed E-state index contributed by atoms with van der Waals surface area (Å²) in [4.78, 5) is 25.3. The molecular formula is C21H26N2O6S2. The van der Waals surface area contributed by atoms with Crippen LogP contribution in [0.25, 0.3) is 0 Å². The van der Waals surface area contributed by atoms with Crippen molar-refractivity contribution < 1.29 is 27.5 Å². The second-order valence-corrected chi connectivity index (χ2v) is 10.2. The Labute approximate surface area is 186 Å². The average molecular weight is 467 g/mol. The molecule has 0 radical (unpaired) electrons. The van der Waals surface area contributed by atoms with Crippen molar-refractivity contribution in [2.75, 3.05) is 32.1 Å². The van der Waals surface area contributed by atoms with Crippen LogP contribution in [-0.4, -0.2) is 51.4 Å². The smallest absolute Gasteiger partial charge is 0.348 e. The van der Waals surface area contributed by atoms with Gasteiger partial charge in [-0.1, -0.05) is 0 Å². The summed E-state index contributed by atoms with van der Waals surface area (Å²) in [5, 5.41) is 3.44. The fraction of sp³-hybridized carbons (Fsp3) is 0.429. The molecule has 0 atom stereocenters. The van der Waals surface area contributed by atoms with Gasteiger partial charge in [0.2, 0.25) is 15.9 Å². The molecule has 1 N–H and O–H groups in total. The summed E-state index contributed by atoms with van der Waals surface area (Å²) < 4.78 is 37.2. The van der Waals surface area contributed by atoms with Gasteiger partial charge in [-0.2, -0.15) is 4.31 Å². The summed E-state index contributed by atoms with van der Waals surface area (Å²) in [6.45, 7) is 4.36. The van der Waals surface area contributed by atoms with Crippen molar-refractivity contribution in [3.05, 3.63) is 40.8 Å². The largest absolute Gasteiger partial charge is 0.497 e. The fourth-order valence-corrected chi connectivity index (χ4v) is 5.86. The molecular weight excluding hydrogens is 440 g/mol. The number of nitrogens with zero attached hydrogens (tertiary/aromatic N) is 1. The van der Waals surface area contributed by atoms with Gasteiger partial charge < -0.3 is 14.8 Å². The number of rotatable bonds is 7. The Balaban J connectivity index is 1.59. The maximum Gasteiger partial charge on any atom is 0.348 e. The zero-order chi connectivity index (χ0) is 22.6. The molecule has 1 aliphatic heterocycles. The Hall–Kier alpha value is -2.43. The number of thiophene rings is 1. The van der Waals surface area contributed by atoms with Crippen LogP contribution in [0.4, 0.5) is 5.00 Å². The van der Waals surface area contributed by atoms with Crippen molar-refractivity contribution in [2.24, 2.45) is 5.92 Å². The van der Waals surface area contributed by atoms with E-state index < -0.39 is 16.0 Å². The molecule has 31 heavy (non-hydrogen) atoms. The number of nitrogens with one attached hydrogen (secondary N) is 1. The van der Waals surface area contributed by atoms with Crippen molar-refractivity contribution in [1.82, 2.24) is 4.31 Å². The van der Waals surface area contributed by atoms with Gasteiger partial charge in [-0.3, -0.25) is 4.79 Å². The van der Waals surface area contributed by atoms with Crippen LogP contribution >= 0.6 is 11.3 Å². The summed E-state index contributed by atoms with van der Waals surface area (Å²) in [6.07, 6.45) is 0.854. The molecule has 1 fully saturated rings. The highest BCUT2D eigenvalue weighted by Crippen LogP contribution is 2.30. The molecule has 1 aromatic carbocycles. The van der Waals surface area contributed by atoms with Crippen LogP contribution in [0.5, 0.6) is 5.75 Å². The Bertz CT molecular complexity index is 1040. The number of carbonyl (C=O) groups is 2. The predicted octanol–water partition coefficient (Wildman–Crippen LogP) is 3.28. The van der Waals surface area contributed by atoms with Gasteiger partial charge >= 0.3 is 5.97 Å². The summed E-state index contributed by atoms with van der Waals surface area (Å²) in [7, 11) is -2.09. The Morgan fingerprint density at radius 3 is 2.42 bits per heavy atom. The third-order valence-corrected chi connectivity index (χ3v) is 8.19. The van der Waals surface area contributed by atoms with Gasteiger partial charge in [0, 0.05) is 19.0 Å². The number of anilines is 1. The molecule has 3 rings (SSSR count). The van der Waals surface area contributed by atoms with Crippen molar-refractivity contribution in [3.63, 3.8) is 0 Å². The third-order valence-electron chi connectivity index (χ3n) is 5.15. The first-order valence-corrected chi connectivity index (χ1v) is 12.2. The number of piperidine rings is 1. The van der Waals surface area contributed by atoms with Gasteiger partial charge in [-0.05, 0) is 62.6 Å².